The van der Waals surface area contributed by atoms with Crippen molar-refractivity contribution in [2.45, 2.75) is 13.3 Å². The Balaban J connectivity index is 2.08. The number of oxazole rings is 1. The third-order valence-electron chi connectivity index (χ3n) is 2.72. The number of aromatic nitrogens is 1. The van der Waals surface area contributed by atoms with Gasteiger partial charge in [0.15, 0.2) is 12.0 Å². The molecule has 15 heavy (non-hydrogen) atoms. The number of likely N-dealkylation sites (N-methyl/N-ethyl adjacent to an activating group) is 1. The van der Waals surface area contributed by atoms with E-state index in [1.807, 2.05) is 6.07 Å². The van der Waals surface area contributed by atoms with Crippen LogP contribution in [0.1, 0.15) is 12.5 Å². The van der Waals surface area contributed by atoms with E-state index in [4.69, 9.17) is 4.42 Å². The SMILES string of the molecule is CCN(C)CCc1ccc2ncoc2c1. The molecule has 0 bridgehead atoms. The fourth-order valence-electron chi connectivity index (χ4n) is 1.53. The number of benzene rings is 1. The Labute approximate surface area is 89.7 Å². The smallest absolute Gasteiger partial charge is 0.181 e. The van der Waals surface area contributed by atoms with Crippen molar-refractivity contribution in [1.29, 1.82) is 0 Å². The van der Waals surface area contributed by atoms with Gasteiger partial charge in [-0.3, -0.25) is 0 Å². The molecule has 0 aliphatic heterocycles. The maximum Gasteiger partial charge on any atom is 0.181 e. The Hall–Kier alpha value is -1.35. The molecule has 0 amide bonds. The van der Waals surface area contributed by atoms with Crippen LogP contribution in [-0.4, -0.2) is 30.0 Å². The van der Waals surface area contributed by atoms with Crippen LogP contribution in [0.4, 0.5) is 0 Å². The lowest BCUT2D eigenvalue weighted by atomic mass is 10.1. The molecule has 0 N–H and O–H groups in total. The van der Waals surface area contributed by atoms with Gasteiger partial charge < -0.3 is 9.32 Å². The van der Waals surface area contributed by atoms with Crippen molar-refractivity contribution in [2.24, 2.45) is 0 Å². The second kappa shape index (κ2) is 4.45. The van der Waals surface area contributed by atoms with Crippen molar-refractivity contribution in [2.75, 3.05) is 20.1 Å². The normalized spacial score (nSPS) is 11.4. The van der Waals surface area contributed by atoms with Crippen LogP contribution in [0.25, 0.3) is 11.1 Å². The first kappa shape index (κ1) is 10.2. The molecule has 0 fully saturated rings. The highest BCUT2D eigenvalue weighted by molar-refractivity contribution is 5.72. The van der Waals surface area contributed by atoms with Crippen molar-refractivity contribution >= 4 is 11.1 Å². The van der Waals surface area contributed by atoms with Crippen LogP contribution in [0.3, 0.4) is 0 Å². The van der Waals surface area contributed by atoms with E-state index in [1.54, 1.807) is 0 Å². The maximum absolute atomic E-state index is 5.27. The second-order valence-electron chi connectivity index (χ2n) is 3.80. The standard InChI is InChI=1S/C12H16N2O/c1-3-14(2)7-6-10-4-5-11-12(8-10)15-9-13-11/h4-5,8-9H,3,6-7H2,1-2H3. The fourth-order valence-corrected chi connectivity index (χ4v) is 1.53. The molecule has 1 aromatic heterocycles. The second-order valence-corrected chi connectivity index (χ2v) is 3.80. The van der Waals surface area contributed by atoms with Gasteiger partial charge in [-0.25, -0.2) is 4.98 Å². The molecule has 3 nitrogen and oxygen atoms in total. The Morgan fingerprint density at radius 1 is 1.40 bits per heavy atom. The summed E-state index contributed by atoms with van der Waals surface area (Å²) in [6, 6.07) is 6.21. The minimum absolute atomic E-state index is 0.881. The average Bonchev–Trinajstić information content (AvgIpc) is 2.72. The molecule has 0 saturated heterocycles. The summed E-state index contributed by atoms with van der Waals surface area (Å²) in [7, 11) is 2.13. The summed E-state index contributed by atoms with van der Waals surface area (Å²) in [6.07, 6.45) is 2.55. The van der Waals surface area contributed by atoms with Gasteiger partial charge in [0.05, 0.1) is 0 Å². The first-order valence-electron chi connectivity index (χ1n) is 5.30. The molecule has 3 heteroatoms. The Kier molecular flexibility index (Phi) is 3.02. The average molecular weight is 204 g/mol. The van der Waals surface area contributed by atoms with E-state index in [1.165, 1.54) is 12.0 Å². The van der Waals surface area contributed by atoms with Crippen molar-refractivity contribution in [3.8, 4) is 0 Å². The van der Waals surface area contributed by atoms with Crippen LogP contribution in [0.5, 0.6) is 0 Å². The van der Waals surface area contributed by atoms with Gasteiger partial charge in [0.2, 0.25) is 0 Å². The molecule has 0 atom stereocenters. The molecular formula is C12H16N2O. The van der Waals surface area contributed by atoms with Crippen molar-refractivity contribution < 1.29 is 4.42 Å². The first-order valence-corrected chi connectivity index (χ1v) is 5.30. The summed E-state index contributed by atoms with van der Waals surface area (Å²) in [4.78, 5) is 6.39. The zero-order chi connectivity index (χ0) is 10.7. The molecule has 0 spiro atoms. The maximum atomic E-state index is 5.27. The highest BCUT2D eigenvalue weighted by Gasteiger charge is 2.01. The monoisotopic (exact) mass is 204 g/mol. The minimum atomic E-state index is 0.881. The number of fused-ring (bicyclic) bond motifs is 1. The third-order valence-corrected chi connectivity index (χ3v) is 2.72. The van der Waals surface area contributed by atoms with Crippen molar-refractivity contribution in [1.82, 2.24) is 9.88 Å². The van der Waals surface area contributed by atoms with Crippen LogP contribution in [-0.2, 0) is 6.42 Å². The van der Waals surface area contributed by atoms with Gasteiger partial charge in [-0.1, -0.05) is 13.0 Å². The van der Waals surface area contributed by atoms with Crippen LogP contribution in [0, 0.1) is 0 Å². The first-order chi connectivity index (χ1) is 7.29. The molecule has 0 unspecified atom stereocenters. The topological polar surface area (TPSA) is 29.3 Å². The summed E-state index contributed by atoms with van der Waals surface area (Å²) in [5, 5.41) is 0. The number of rotatable bonds is 4. The van der Waals surface area contributed by atoms with Crippen LogP contribution < -0.4 is 0 Å². The van der Waals surface area contributed by atoms with Crippen LogP contribution in [0.15, 0.2) is 29.0 Å². The molecule has 0 radical (unpaired) electrons. The molecule has 0 aliphatic rings. The van der Waals surface area contributed by atoms with E-state index in [0.717, 1.165) is 30.6 Å². The highest BCUT2D eigenvalue weighted by atomic mass is 16.3. The Bertz CT molecular complexity index is 436. The van der Waals surface area contributed by atoms with Gasteiger partial charge in [0, 0.05) is 6.54 Å². The van der Waals surface area contributed by atoms with Gasteiger partial charge in [-0.15, -0.1) is 0 Å². The van der Waals surface area contributed by atoms with Crippen LogP contribution >= 0.6 is 0 Å². The fraction of sp³-hybridized carbons (Fsp3) is 0.417. The van der Waals surface area contributed by atoms with Gasteiger partial charge in [-0.05, 0) is 37.7 Å². The van der Waals surface area contributed by atoms with E-state index in [-0.39, 0.29) is 0 Å². The molecule has 80 valence electrons. The lowest BCUT2D eigenvalue weighted by Crippen LogP contribution is -2.20. The molecule has 1 heterocycles. The number of hydrogen-bond donors (Lipinski definition) is 0. The van der Waals surface area contributed by atoms with E-state index < -0.39 is 0 Å². The molecular weight excluding hydrogens is 188 g/mol. The number of hydrogen-bond acceptors (Lipinski definition) is 3. The zero-order valence-corrected chi connectivity index (χ0v) is 9.23. The van der Waals surface area contributed by atoms with E-state index in [2.05, 4.69) is 36.0 Å². The molecule has 2 aromatic rings. The number of nitrogens with zero attached hydrogens (tertiary/aromatic N) is 2. The third kappa shape index (κ3) is 2.36. The summed E-state index contributed by atoms with van der Waals surface area (Å²) in [6.45, 7) is 4.33. The summed E-state index contributed by atoms with van der Waals surface area (Å²) in [5.74, 6) is 0. The molecule has 0 saturated carbocycles. The minimum Gasteiger partial charge on any atom is -0.443 e. The van der Waals surface area contributed by atoms with Gasteiger partial charge >= 0.3 is 0 Å². The van der Waals surface area contributed by atoms with Gasteiger partial charge in [-0.2, -0.15) is 0 Å². The highest BCUT2D eigenvalue weighted by Crippen LogP contribution is 2.14. The van der Waals surface area contributed by atoms with E-state index in [9.17, 15) is 0 Å². The zero-order valence-electron chi connectivity index (χ0n) is 9.23. The largest absolute Gasteiger partial charge is 0.443 e. The van der Waals surface area contributed by atoms with E-state index in [0.29, 0.717) is 0 Å². The van der Waals surface area contributed by atoms with Gasteiger partial charge in [0.25, 0.3) is 0 Å². The van der Waals surface area contributed by atoms with Crippen LogP contribution in [0.2, 0.25) is 0 Å². The van der Waals surface area contributed by atoms with Gasteiger partial charge in [0.1, 0.15) is 5.52 Å². The van der Waals surface area contributed by atoms with Crippen molar-refractivity contribution in [3.05, 3.63) is 30.2 Å². The lowest BCUT2D eigenvalue weighted by molar-refractivity contribution is 0.357. The molecule has 2 rings (SSSR count). The Morgan fingerprint density at radius 3 is 3.07 bits per heavy atom. The molecule has 0 aliphatic carbocycles. The lowest BCUT2D eigenvalue weighted by Gasteiger charge is -2.12. The van der Waals surface area contributed by atoms with Crippen molar-refractivity contribution in [3.63, 3.8) is 0 Å². The Morgan fingerprint density at radius 2 is 2.27 bits per heavy atom. The predicted molar refractivity (Wildman–Crippen MR) is 60.9 cm³/mol. The summed E-state index contributed by atoms with van der Waals surface area (Å²) >= 11 is 0. The molecule has 1 aromatic carbocycles. The van der Waals surface area contributed by atoms with E-state index >= 15 is 0 Å². The summed E-state index contributed by atoms with van der Waals surface area (Å²) in [5.41, 5.74) is 3.12. The quantitative estimate of drug-likeness (QED) is 0.765. The summed E-state index contributed by atoms with van der Waals surface area (Å²) < 4.78 is 5.27. The predicted octanol–water partition coefficient (Wildman–Crippen LogP) is 2.32.